The fourth-order valence-electron chi connectivity index (χ4n) is 4.48. The third-order valence-corrected chi connectivity index (χ3v) is 7.74. The third kappa shape index (κ3) is 4.15. The van der Waals surface area contributed by atoms with Gasteiger partial charge in [-0.3, -0.25) is 9.69 Å². The van der Waals surface area contributed by atoms with Gasteiger partial charge in [-0.1, -0.05) is 54.6 Å². The predicted molar refractivity (Wildman–Crippen MR) is 128 cm³/mol. The Balaban J connectivity index is 1.18. The van der Waals surface area contributed by atoms with Crippen molar-refractivity contribution in [3.63, 3.8) is 0 Å². The van der Waals surface area contributed by atoms with Gasteiger partial charge in [0.2, 0.25) is 0 Å². The summed E-state index contributed by atoms with van der Waals surface area (Å²) in [6.45, 7) is 6.75. The van der Waals surface area contributed by atoms with Crippen molar-refractivity contribution in [2.24, 2.45) is 0 Å². The van der Waals surface area contributed by atoms with Crippen molar-refractivity contribution in [2.75, 3.05) is 13.1 Å². The van der Waals surface area contributed by atoms with E-state index in [2.05, 4.69) is 61.2 Å². The monoisotopic (exact) mass is 428 g/mol. The van der Waals surface area contributed by atoms with Crippen molar-refractivity contribution in [3.05, 3.63) is 82.5 Å². The lowest BCUT2D eigenvalue weighted by Gasteiger charge is -2.41. The number of aryl methyl sites for hydroxylation is 1. The number of nitrogens with zero attached hydrogens (tertiary/aromatic N) is 2. The number of rotatable bonds is 7. The molecule has 4 heteroatoms. The molecule has 0 saturated carbocycles. The van der Waals surface area contributed by atoms with Gasteiger partial charge in [-0.15, -0.1) is 11.3 Å². The Morgan fingerprint density at radius 1 is 1.13 bits per heavy atom. The minimum absolute atomic E-state index is 0.247. The molecular weight excluding hydrogens is 400 g/mol. The molecule has 0 bridgehead atoms. The highest BCUT2D eigenvalue weighted by Gasteiger charge is 2.31. The molecule has 3 nitrogen and oxygen atoms in total. The number of hydrogen-bond donors (Lipinski definition) is 0. The highest BCUT2D eigenvalue weighted by Crippen LogP contribution is 2.35. The number of aromatic nitrogens is 1. The first-order chi connectivity index (χ1) is 15.1. The summed E-state index contributed by atoms with van der Waals surface area (Å²) in [5.41, 5.74) is 5.70. The molecule has 31 heavy (non-hydrogen) atoms. The molecule has 3 aromatic rings. The molecule has 0 amide bonds. The smallest absolute Gasteiger partial charge is 0.163 e. The van der Waals surface area contributed by atoms with E-state index in [4.69, 9.17) is 4.98 Å². The van der Waals surface area contributed by atoms with Crippen LogP contribution in [0.5, 0.6) is 0 Å². The number of Topliss-reactive ketones (excluding diaryl/α,β-unsaturated/α-hetero) is 1. The molecule has 5 rings (SSSR count). The van der Waals surface area contributed by atoms with Crippen molar-refractivity contribution in [1.82, 2.24) is 9.88 Å². The maximum Gasteiger partial charge on any atom is 0.163 e. The number of carbonyl (C=O) groups is 1. The molecular formula is C27H28N2OS. The van der Waals surface area contributed by atoms with Gasteiger partial charge < -0.3 is 0 Å². The lowest BCUT2D eigenvalue weighted by molar-refractivity contribution is -0.113. The van der Waals surface area contributed by atoms with Crippen LogP contribution in [0.3, 0.4) is 0 Å². The normalized spacial score (nSPS) is 16.3. The number of benzene rings is 2. The fraction of sp³-hybridized carbons (Fsp3) is 0.333. The number of hydrogen-bond acceptors (Lipinski definition) is 4. The van der Waals surface area contributed by atoms with E-state index >= 15 is 0 Å². The van der Waals surface area contributed by atoms with Crippen LogP contribution in [0.25, 0.3) is 16.0 Å². The Hall–Kier alpha value is -2.56. The molecule has 0 atom stereocenters. The summed E-state index contributed by atoms with van der Waals surface area (Å²) in [5.74, 6) is 0.832. The first kappa shape index (κ1) is 20.3. The zero-order valence-electron chi connectivity index (χ0n) is 18.2. The summed E-state index contributed by atoms with van der Waals surface area (Å²) >= 11 is 1.82. The number of carbonyl (C=O) groups excluding carboxylic acids is 1. The number of likely N-dealkylation sites (tertiary alicyclic amines) is 1. The van der Waals surface area contributed by atoms with Crippen molar-refractivity contribution in [2.45, 2.75) is 45.1 Å². The van der Waals surface area contributed by atoms with Gasteiger partial charge in [0.25, 0.3) is 0 Å². The SMILES string of the molecule is CC(C)N1CC(c2ncc(-c3ccc(CCC(=O)C4=CCc5ccccc54)cc3)s2)C1. The molecule has 2 heterocycles. The number of allylic oxidation sites excluding steroid dienone is 2. The molecule has 1 aliphatic heterocycles. The van der Waals surface area contributed by atoms with Gasteiger partial charge in [0.05, 0.1) is 9.88 Å². The molecule has 1 aromatic heterocycles. The van der Waals surface area contributed by atoms with Crippen LogP contribution in [0.1, 0.15) is 47.9 Å². The Labute approximate surface area is 188 Å². The van der Waals surface area contributed by atoms with Gasteiger partial charge in [-0.2, -0.15) is 0 Å². The summed E-state index contributed by atoms with van der Waals surface area (Å²) in [4.78, 5) is 21.2. The third-order valence-electron chi connectivity index (χ3n) is 6.53. The van der Waals surface area contributed by atoms with Gasteiger partial charge in [-0.25, -0.2) is 4.98 Å². The van der Waals surface area contributed by atoms with E-state index in [0.29, 0.717) is 18.4 Å². The molecule has 158 valence electrons. The Bertz CT molecular complexity index is 1120. The zero-order chi connectivity index (χ0) is 21.4. The van der Waals surface area contributed by atoms with Crippen molar-refractivity contribution >= 4 is 22.7 Å². The zero-order valence-corrected chi connectivity index (χ0v) is 19.0. The van der Waals surface area contributed by atoms with Gasteiger partial charge >= 0.3 is 0 Å². The molecule has 1 fully saturated rings. The highest BCUT2D eigenvalue weighted by molar-refractivity contribution is 7.15. The van der Waals surface area contributed by atoms with Gasteiger partial charge in [0.15, 0.2) is 5.78 Å². The van der Waals surface area contributed by atoms with E-state index in [0.717, 1.165) is 37.1 Å². The lowest BCUT2D eigenvalue weighted by atomic mass is 9.98. The van der Waals surface area contributed by atoms with Gasteiger partial charge in [0.1, 0.15) is 0 Å². The van der Waals surface area contributed by atoms with Crippen LogP contribution in [0, 0.1) is 0 Å². The average molecular weight is 429 g/mol. The second-order valence-electron chi connectivity index (χ2n) is 8.91. The van der Waals surface area contributed by atoms with E-state index in [1.807, 2.05) is 29.7 Å². The lowest BCUT2D eigenvalue weighted by Crippen LogP contribution is -2.48. The van der Waals surface area contributed by atoms with E-state index < -0.39 is 0 Å². The van der Waals surface area contributed by atoms with E-state index in [1.54, 1.807) is 0 Å². The first-order valence-electron chi connectivity index (χ1n) is 11.2. The van der Waals surface area contributed by atoms with Crippen LogP contribution in [0.15, 0.2) is 60.8 Å². The molecule has 2 aliphatic rings. The molecule has 0 radical (unpaired) electrons. The van der Waals surface area contributed by atoms with Crippen LogP contribution in [0.4, 0.5) is 0 Å². The second kappa shape index (κ2) is 8.52. The molecule has 1 aliphatic carbocycles. The maximum atomic E-state index is 12.8. The van der Waals surface area contributed by atoms with Gasteiger partial charge in [-0.05, 0) is 48.9 Å². The summed E-state index contributed by atoms with van der Waals surface area (Å²) in [6.07, 6.45) is 6.30. The molecule has 0 spiro atoms. The van der Waals surface area contributed by atoms with Crippen LogP contribution >= 0.6 is 11.3 Å². The molecule has 2 aromatic carbocycles. The van der Waals surface area contributed by atoms with Gasteiger partial charge in [0, 0.05) is 43.2 Å². The van der Waals surface area contributed by atoms with Crippen molar-refractivity contribution in [3.8, 4) is 10.4 Å². The predicted octanol–water partition coefficient (Wildman–Crippen LogP) is 5.76. The molecule has 0 unspecified atom stereocenters. The average Bonchev–Trinajstić information content (AvgIpc) is 3.39. The topological polar surface area (TPSA) is 33.2 Å². The second-order valence-corrected chi connectivity index (χ2v) is 9.97. The molecule has 0 N–H and O–H groups in total. The van der Waals surface area contributed by atoms with E-state index in [9.17, 15) is 4.79 Å². The number of thiazole rings is 1. The fourth-order valence-corrected chi connectivity index (χ4v) is 5.48. The standard InChI is InChI=1S/C27H28N2OS/c1-18(2)29-16-22(17-29)27-28-15-26(31-27)21-10-7-19(8-11-21)9-14-25(30)24-13-12-20-5-3-4-6-23(20)24/h3-8,10-11,13,15,18,22H,9,12,14,16-17H2,1-2H3. The van der Waals surface area contributed by atoms with Crippen molar-refractivity contribution < 1.29 is 4.79 Å². The maximum absolute atomic E-state index is 12.8. The number of ketones is 1. The van der Waals surface area contributed by atoms with Crippen LogP contribution in [-0.2, 0) is 17.6 Å². The largest absolute Gasteiger partial charge is 0.299 e. The summed E-state index contributed by atoms with van der Waals surface area (Å²) in [7, 11) is 0. The first-order valence-corrected chi connectivity index (χ1v) is 12.0. The number of fused-ring (bicyclic) bond motifs is 1. The Morgan fingerprint density at radius 3 is 2.68 bits per heavy atom. The van der Waals surface area contributed by atoms with Crippen LogP contribution < -0.4 is 0 Å². The highest BCUT2D eigenvalue weighted by atomic mass is 32.1. The summed E-state index contributed by atoms with van der Waals surface area (Å²) < 4.78 is 0. The van der Waals surface area contributed by atoms with E-state index in [-0.39, 0.29) is 5.78 Å². The minimum atomic E-state index is 0.247. The summed E-state index contributed by atoms with van der Waals surface area (Å²) in [5, 5.41) is 1.26. The van der Waals surface area contributed by atoms with Crippen LogP contribution in [-0.4, -0.2) is 34.8 Å². The molecule has 1 saturated heterocycles. The summed E-state index contributed by atoms with van der Waals surface area (Å²) in [6, 6.07) is 17.5. The van der Waals surface area contributed by atoms with E-state index in [1.165, 1.54) is 26.6 Å². The Kier molecular flexibility index (Phi) is 5.59. The Morgan fingerprint density at radius 2 is 1.90 bits per heavy atom. The van der Waals surface area contributed by atoms with Crippen molar-refractivity contribution in [1.29, 1.82) is 0 Å². The minimum Gasteiger partial charge on any atom is -0.299 e. The quantitative estimate of drug-likeness (QED) is 0.480. The van der Waals surface area contributed by atoms with Crippen LogP contribution in [0.2, 0.25) is 0 Å².